The monoisotopic (exact) mass is 224 g/mol. The Bertz CT molecular complexity index is 483. The molecule has 1 nitrogen and oxygen atoms in total. The van der Waals surface area contributed by atoms with Crippen molar-refractivity contribution in [1.29, 1.82) is 0 Å². The second kappa shape index (κ2) is 5.46. The van der Waals surface area contributed by atoms with Gasteiger partial charge in [0.2, 0.25) is 0 Å². The van der Waals surface area contributed by atoms with Crippen molar-refractivity contribution in [3.05, 3.63) is 77.4 Å². The van der Waals surface area contributed by atoms with E-state index >= 15 is 0 Å². The maximum Gasteiger partial charge on any atom is 0.0975 e. The summed E-state index contributed by atoms with van der Waals surface area (Å²) in [5.41, 5.74) is 3.22. The van der Waals surface area contributed by atoms with Gasteiger partial charge in [-0.15, -0.1) is 0 Å². The van der Waals surface area contributed by atoms with Crippen LogP contribution in [0.15, 0.2) is 60.7 Å². The predicted octanol–water partition coefficient (Wildman–Crippen LogP) is 3.74. The molecular formula is C16H16O. The number of aryl methyl sites for hydroxylation is 1. The number of hydrogen-bond acceptors (Lipinski definition) is 1. The highest BCUT2D eigenvalue weighted by atomic mass is 16.3. The molecule has 1 N–H and O–H groups in total. The molecular weight excluding hydrogens is 208 g/mol. The number of rotatable bonds is 3. The Morgan fingerprint density at radius 3 is 2.24 bits per heavy atom. The van der Waals surface area contributed by atoms with Crippen LogP contribution < -0.4 is 0 Å². The molecule has 17 heavy (non-hydrogen) atoms. The highest BCUT2D eigenvalue weighted by Gasteiger charge is 2.01. The van der Waals surface area contributed by atoms with E-state index in [1.165, 1.54) is 5.56 Å². The fourth-order valence-corrected chi connectivity index (χ4v) is 1.64. The summed E-state index contributed by atoms with van der Waals surface area (Å²) in [6.07, 6.45) is 3.20. The van der Waals surface area contributed by atoms with E-state index in [9.17, 15) is 5.11 Å². The molecule has 0 aliphatic carbocycles. The zero-order valence-electron chi connectivity index (χ0n) is 9.88. The Balaban J connectivity index is 2.09. The molecule has 2 rings (SSSR count). The molecule has 0 spiro atoms. The summed E-state index contributed by atoms with van der Waals surface area (Å²) >= 11 is 0. The highest BCUT2D eigenvalue weighted by molar-refractivity contribution is 5.50. The van der Waals surface area contributed by atoms with Gasteiger partial charge in [0.1, 0.15) is 0 Å². The van der Waals surface area contributed by atoms with E-state index in [2.05, 4.69) is 0 Å². The van der Waals surface area contributed by atoms with Crippen LogP contribution in [0.5, 0.6) is 0 Å². The van der Waals surface area contributed by atoms with Crippen molar-refractivity contribution in [2.24, 2.45) is 0 Å². The maximum atomic E-state index is 9.99. The van der Waals surface area contributed by atoms with Crippen LogP contribution in [0.3, 0.4) is 0 Å². The van der Waals surface area contributed by atoms with Crippen molar-refractivity contribution < 1.29 is 5.11 Å². The summed E-state index contributed by atoms with van der Waals surface area (Å²) in [6, 6.07) is 17.9. The molecule has 0 saturated heterocycles. The fourth-order valence-electron chi connectivity index (χ4n) is 1.64. The van der Waals surface area contributed by atoms with E-state index in [0.717, 1.165) is 11.1 Å². The van der Waals surface area contributed by atoms with Crippen molar-refractivity contribution in [3.8, 4) is 0 Å². The normalized spacial score (nSPS) is 12.8. The van der Waals surface area contributed by atoms with Gasteiger partial charge in [-0.3, -0.25) is 0 Å². The van der Waals surface area contributed by atoms with Gasteiger partial charge in [-0.2, -0.15) is 0 Å². The van der Waals surface area contributed by atoms with E-state index in [1.54, 1.807) is 6.08 Å². The van der Waals surface area contributed by atoms with Crippen molar-refractivity contribution >= 4 is 6.08 Å². The summed E-state index contributed by atoms with van der Waals surface area (Å²) in [6.45, 7) is 2.04. The molecule has 1 atom stereocenters. The lowest BCUT2D eigenvalue weighted by atomic mass is 10.1. The third kappa shape index (κ3) is 3.30. The fraction of sp³-hybridized carbons (Fsp3) is 0.125. The first-order valence-electron chi connectivity index (χ1n) is 5.73. The standard InChI is InChI=1S/C16H16O/c1-13-7-10-15(11-8-13)16(17)12-9-14-5-3-2-4-6-14/h2-12,16-17H,1H3/b12-9+. The van der Waals surface area contributed by atoms with E-state index in [4.69, 9.17) is 0 Å². The number of benzene rings is 2. The molecule has 1 heteroatoms. The Hall–Kier alpha value is -1.86. The molecule has 0 fully saturated rings. The van der Waals surface area contributed by atoms with E-state index < -0.39 is 6.10 Å². The zero-order valence-corrected chi connectivity index (χ0v) is 9.88. The molecule has 0 aliphatic heterocycles. The summed E-state index contributed by atoms with van der Waals surface area (Å²) in [5, 5.41) is 9.99. The lowest BCUT2D eigenvalue weighted by Gasteiger charge is -2.06. The van der Waals surface area contributed by atoms with Gasteiger partial charge in [-0.25, -0.2) is 0 Å². The summed E-state index contributed by atoms with van der Waals surface area (Å²) in [7, 11) is 0. The lowest BCUT2D eigenvalue weighted by molar-refractivity contribution is 0.229. The molecule has 86 valence electrons. The van der Waals surface area contributed by atoms with Crippen LogP contribution >= 0.6 is 0 Å². The maximum absolute atomic E-state index is 9.99. The third-order valence-electron chi connectivity index (χ3n) is 2.69. The van der Waals surface area contributed by atoms with Gasteiger partial charge < -0.3 is 5.11 Å². The Labute approximate surface area is 102 Å². The average molecular weight is 224 g/mol. The van der Waals surface area contributed by atoms with Crippen molar-refractivity contribution in [1.82, 2.24) is 0 Å². The van der Waals surface area contributed by atoms with Crippen molar-refractivity contribution in [2.75, 3.05) is 0 Å². The number of aliphatic hydroxyl groups is 1. The van der Waals surface area contributed by atoms with Gasteiger partial charge in [0, 0.05) is 0 Å². The largest absolute Gasteiger partial charge is 0.384 e. The molecule has 0 bridgehead atoms. The first-order valence-corrected chi connectivity index (χ1v) is 5.73. The van der Waals surface area contributed by atoms with Crippen LogP contribution in [0.25, 0.3) is 6.08 Å². The van der Waals surface area contributed by atoms with Crippen LogP contribution in [-0.4, -0.2) is 5.11 Å². The minimum atomic E-state index is -0.546. The molecule has 0 amide bonds. The summed E-state index contributed by atoms with van der Waals surface area (Å²) in [5.74, 6) is 0. The topological polar surface area (TPSA) is 20.2 Å². The SMILES string of the molecule is Cc1ccc(C(O)/C=C/c2ccccc2)cc1. The van der Waals surface area contributed by atoms with Crippen LogP contribution in [0, 0.1) is 6.92 Å². The third-order valence-corrected chi connectivity index (χ3v) is 2.69. The molecule has 2 aromatic rings. The highest BCUT2D eigenvalue weighted by Crippen LogP contribution is 2.16. The first-order chi connectivity index (χ1) is 8.25. The van der Waals surface area contributed by atoms with Gasteiger partial charge in [0.25, 0.3) is 0 Å². The molecule has 0 heterocycles. The Kier molecular flexibility index (Phi) is 3.73. The molecule has 0 radical (unpaired) electrons. The quantitative estimate of drug-likeness (QED) is 0.842. The molecule has 0 aromatic heterocycles. The van der Waals surface area contributed by atoms with Crippen LogP contribution in [0.4, 0.5) is 0 Å². The average Bonchev–Trinajstić information content (AvgIpc) is 2.38. The number of hydrogen-bond donors (Lipinski definition) is 1. The van der Waals surface area contributed by atoms with Crippen LogP contribution in [-0.2, 0) is 0 Å². The van der Waals surface area contributed by atoms with Crippen molar-refractivity contribution in [3.63, 3.8) is 0 Å². The van der Waals surface area contributed by atoms with Gasteiger partial charge in [-0.05, 0) is 18.1 Å². The molecule has 0 aliphatic rings. The predicted molar refractivity (Wildman–Crippen MR) is 71.6 cm³/mol. The first kappa shape index (κ1) is 11.6. The lowest BCUT2D eigenvalue weighted by Crippen LogP contribution is -1.92. The van der Waals surface area contributed by atoms with Crippen molar-refractivity contribution in [2.45, 2.75) is 13.0 Å². The minimum Gasteiger partial charge on any atom is -0.384 e. The Morgan fingerprint density at radius 1 is 0.941 bits per heavy atom. The van der Waals surface area contributed by atoms with Crippen LogP contribution in [0.1, 0.15) is 22.8 Å². The smallest absolute Gasteiger partial charge is 0.0975 e. The number of aliphatic hydroxyl groups excluding tert-OH is 1. The van der Waals surface area contributed by atoms with Gasteiger partial charge in [0.15, 0.2) is 0 Å². The van der Waals surface area contributed by atoms with Gasteiger partial charge in [0.05, 0.1) is 6.10 Å². The summed E-state index contributed by atoms with van der Waals surface area (Å²) < 4.78 is 0. The van der Waals surface area contributed by atoms with E-state index in [-0.39, 0.29) is 0 Å². The Morgan fingerprint density at radius 2 is 1.59 bits per heavy atom. The summed E-state index contributed by atoms with van der Waals surface area (Å²) in [4.78, 5) is 0. The zero-order chi connectivity index (χ0) is 12.1. The van der Waals surface area contributed by atoms with Gasteiger partial charge >= 0.3 is 0 Å². The van der Waals surface area contributed by atoms with Gasteiger partial charge in [-0.1, -0.05) is 72.3 Å². The second-order valence-corrected chi connectivity index (χ2v) is 4.13. The van der Waals surface area contributed by atoms with Crippen LogP contribution in [0.2, 0.25) is 0 Å². The molecule has 1 unspecified atom stereocenters. The van der Waals surface area contributed by atoms with E-state index in [1.807, 2.05) is 67.6 Å². The minimum absolute atomic E-state index is 0.546. The second-order valence-electron chi connectivity index (χ2n) is 4.13. The molecule has 2 aromatic carbocycles. The molecule has 0 saturated carbocycles. The van der Waals surface area contributed by atoms with E-state index in [0.29, 0.717) is 0 Å².